The molecule has 2 rings (SSSR count). The Balaban J connectivity index is 1.98. The first-order chi connectivity index (χ1) is 11.8. The molecule has 0 aliphatic carbocycles. The van der Waals surface area contributed by atoms with Crippen LogP contribution in [0.25, 0.3) is 0 Å². The molecule has 1 aromatic heterocycles. The number of hydrogen-bond acceptors (Lipinski definition) is 5. The van der Waals surface area contributed by atoms with Crippen LogP contribution in [0, 0.1) is 11.8 Å². The molecule has 0 bridgehead atoms. The number of halogens is 1. The van der Waals surface area contributed by atoms with Gasteiger partial charge in [-0.25, -0.2) is 4.79 Å². The van der Waals surface area contributed by atoms with Gasteiger partial charge in [0, 0.05) is 23.2 Å². The maximum Gasteiger partial charge on any atom is 0.325 e. The summed E-state index contributed by atoms with van der Waals surface area (Å²) in [5.41, 5.74) is 0.715. The number of anilines is 3. The molecule has 0 atom stereocenters. The monoisotopic (exact) mass is 425 g/mol. The van der Waals surface area contributed by atoms with Gasteiger partial charge >= 0.3 is 6.03 Å². The average molecular weight is 426 g/mol. The summed E-state index contributed by atoms with van der Waals surface area (Å²) in [6.07, 6.45) is 0. The average Bonchev–Trinajstić information content (AvgIpc) is 2.96. The summed E-state index contributed by atoms with van der Waals surface area (Å²) < 4.78 is 0.961. The fourth-order valence-electron chi connectivity index (χ4n) is 2.30. The molecule has 0 saturated carbocycles. The van der Waals surface area contributed by atoms with Crippen molar-refractivity contribution in [2.24, 2.45) is 11.8 Å². The quantitative estimate of drug-likeness (QED) is 0.649. The van der Waals surface area contributed by atoms with E-state index in [0.717, 1.165) is 22.7 Å². The van der Waals surface area contributed by atoms with Gasteiger partial charge in [-0.3, -0.25) is 5.32 Å². The fraction of sp³-hybridized carbons (Fsp3) is 0.471. The van der Waals surface area contributed by atoms with Crippen LogP contribution in [0.2, 0.25) is 0 Å². The van der Waals surface area contributed by atoms with Crippen molar-refractivity contribution in [1.82, 2.24) is 10.2 Å². The van der Waals surface area contributed by atoms with Crippen molar-refractivity contribution in [2.45, 2.75) is 27.7 Å². The van der Waals surface area contributed by atoms with E-state index in [2.05, 4.69) is 69.4 Å². The number of hydrogen-bond donors (Lipinski definition) is 2. The second kappa shape index (κ2) is 9.15. The van der Waals surface area contributed by atoms with Crippen molar-refractivity contribution in [2.75, 3.05) is 28.6 Å². The zero-order valence-electron chi connectivity index (χ0n) is 14.9. The van der Waals surface area contributed by atoms with Crippen LogP contribution in [0.5, 0.6) is 0 Å². The Morgan fingerprint density at radius 3 is 2.24 bits per heavy atom. The van der Waals surface area contributed by atoms with Gasteiger partial charge in [0.15, 0.2) is 0 Å². The van der Waals surface area contributed by atoms with Crippen molar-refractivity contribution in [3.63, 3.8) is 0 Å². The van der Waals surface area contributed by atoms with Crippen LogP contribution < -0.4 is 15.5 Å². The SMILES string of the molecule is CC(C)CN(CC(C)C)c1nnc(NC(=O)Nc2ccc(Br)cc2)s1. The van der Waals surface area contributed by atoms with Crippen LogP contribution in [0.15, 0.2) is 28.7 Å². The normalized spacial score (nSPS) is 11.0. The lowest BCUT2D eigenvalue weighted by molar-refractivity contribution is 0.262. The number of benzene rings is 1. The fourth-order valence-corrected chi connectivity index (χ4v) is 3.32. The largest absolute Gasteiger partial charge is 0.346 e. The summed E-state index contributed by atoms with van der Waals surface area (Å²) in [5.74, 6) is 1.06. The van der Waals surface area contributed by atoms with Gasteiger partial charge in [0.25, 0.3) is 0 Å². The second-order valence-corrected chi connectivity index (χ2v) is 8.54. The van der Waals surface area contributed by atoms with E-state index in [1.807, 2.05) is 24.3 Å². The molecule has 0 saturated heterocycles. The van der Waals surface area contributed by atoms with Gasteiger partial charge in [-0.15, -0.1) is 10.2 Å². The van der Waals surface area contributed by atoms with Crippen molar-refractivity contribution < 1.29 is 4.79 Å². The standard InChI is InChI=1S/C17H24BrN5OS/c1-11(2)9-23(10-12(3)4)17-22-21-16(25-17)20-15(24)19-14-7-5-13(18)6-8-14/h5-8,11-12H,9-10H2,1-4H3,(H2,19,20,21,24). The number of urea groups is 1. The predicted molar refractivity (Wildman–Crippen MR) is 109 cm³/mol. The van der Waals surface area contributed by atoms with Gasteiger partial charge < -0.3 is 10.2 Å². The highest BCUT2D eigenvalue weighted by atomic mass is 79.9. The Morgan fingerprint density at radius 2 is 1.68 bits per heavy atom. The molecule has 0 aliphatic heterocycles. The molecule has 0 radical (unpaired) electrons. The molecule has 2 amide bonds. The van der Waals surface area contributed by atoms with Crippen molar-refractivity contribution in [1.29, 1.82) is 0 Å². The van der Waals surface area contributed by atoms with Crippen LogP contribution in [-0.4, -0.2) is 29.3 Å². The molecule has 136 valence electrons. The summed E-state index contributed by atoms with van der Waals surface area (Å²) in [4.78, 5) is 14.3. The first-order valence-electron chi connectivity index (χ1n) is 8.25. The Bertz CT molecular complexity index is 677. The van der Waals surface area contributed by atoms with Gasteiger partial charge in [-0.2, -0.15) is 0 Å². The highest BCUT2D eigenvalue weighted by Gasteiger charge is 2.16. The van der Waals surface area contributed by atoms with Crippen molar-refractivity contribution >= 4 is 49.2 Å². The molecule has 0 aliphatic rings. The van der Waals surface area contributed by atoms with E-state index in [0.29, 0.717) is 22.7 Å². The van der Waals surface area contributed by atoms with Crippen LogP contribution >= 0.6 is 27.3 Å². The Hall–Kier alpha value is -1.67. The third-order valence-electron chi connectivity index (χ3n) is 3.18. The van der Waals surface area contributed by atoms with E-state index in [4.69, 9.17) is 0 Å². The molecular weight excluding hydrogens is 402 g/mol. The van der Waals surface area contributed by atoms with Crippen molar-refractivity contribution in [3.05, 3.63) is 28.7 Å². The smallest absolute Gasteiger partial charge is 0.325 e. The van der Waals surface area contributed by atoms with Crippen LogP contribution in [0.1, 0.15) is 27.7 Å². The van der Waals surface area contributed by atoms with E-state index in [1.54, 1.807) is 0 Å². The zero-order valence-corrected chi connectivity index (χ0v) is 17.3. The number of amides is 2. The minimum absolute atomic E-state index is 0.329. The predicted octanol–water partition coefficient (Wildman–Crippen LogP) is 5.06. The highest BCUT2D eigenvalue weighted by Crippen LogP contribution is 2.26. The van der Waals surface area contributed by atoms with E-state index in [1.165, 1.54) is 11.3 Å². The van der Waals surface area contributed by atoms with Gasteiger partial charge in [0.1, 0.15) is 0 Å². The molecule has 0 fully saturated rings. The summed E-state index contributed by atoms with van der Waals surface area (Å²) in [6.45, 7) is 10.5. The molecule has 6 nitrogen and oxygen atoms in total. The first kappa shape index (κ1) is 19.7. The Labute approximate surface area is 161 Å². The van der Waals surface area contributed by atoms with E-state index >= 15 is 0 Å². The molecule has 1 aromatic carbocycles. The first-order valence-corrected chi connectivity index (χ1v) is 9.86. The van der Waals surface area contributed by atoms with Crippen molar-refractivity contribution in [3.8, 4) is 0 Å². The van der Waals surface area contributed by atoms with E-state index < -0.39 is 0 Å². The molecule has 0 spiro atoms. The van der Waals surface area contributed by atoms with Gasteiger partial charge in [-0.05, 0) is 36.1 Å². The summed E-state index contributed by atoms with van der Waals surface area (Å²) in [7, 11) is 0. The molecule has 2 N–H and O–H groups in total. The number of rotatable bonds is 7. The Kier molecular flexibility index (Phi) is 7.19. The molecule has 0 unspecified atom stereocenters. The number of carbonyl (C=O) groups excluding carboxylic acids is 1. The van der Waals surface area contributed by atoms with Crippen LogP contribution in [0.3, 0.4) is 0 Å². The third-order valence-corrected chi connectivity index (χ3v) is 4.61. The summed E-state index contributed by atoms with van der Waals surface area (Å²) >= 11 is 4.76. The lowest BCUT2D eigenvalue weighted by Crippen LogP contribution is -2.31. The number of carbonyl (C=O) groups is 1. The van der Waals surface area contributed by atoms with Gasteiger partial charge in [0.05, 0.1) is 0 Å². The molecule has 2 aromatic rings. The van der Waals surface area contributed by atoms with E-state index in [-0.39, 0.29) is 6.03 Å². The van der Waals surface area contributed by atoms with Crippen LogP contribution in [-0.2, 0) is 0 Å². The molecule has 25 heavy (non-hydrogen) atoms. The number of nitrogens with one attached hydrogen (secondary N) is 2. The second-order valence-electron chi connectivity index (χ2n) is 6.67. The highest BCUT2D eigenvalue weighted by molar-refractivity contribution is 9.10. The maximum absolute atomic E-state index is 12.1. The molecule has 8 heteroatoms. The minimum atomic E-state index is -0.329. The Morgan fingerprint density at radius 1 is 1.08 bits per heavy atom. The number of aromatic nitrogens is 2. The zero-order chi connectivity index (χ0) is 18.4. The minimum Gasteiger partial charge on any atom is -0.346 e. The topological polar surface area (TPSA) is 70.2 Å². The molecule has 1 heterocycles. The van der Waals surface area contributed by atoms with Gasteiger partial charge in [0.2, 0.25) is 10.3 Å². The van der Waals surface area contributed by atoms with Gasteiger partial charge in [-0.1, -0.05) is 55.0 Å². The summed E-state index contributed by atoms with van der Waals surface area (Å²) in [5, 5.41) is 15.2. The molecular formula is C17H24BrN5OS. The third kappa shape index (κ3) is 6.62. The van der Waals surface area contributed by atoms with E-state index in [9.17, 15) is 4.79 Å². The lowest BCUT2D eigenvalue weighted by Gasteiger charge is -2.25. The number of nitrogens with zero attached hydrogens (tertiary/aromatic N) is 3. The summed E-state index contributed by atoms with van der Waals surface area (Å²) in [6, 6.07) is 7.05. The lowest BCUT2D eigenvalue weighted by atomic mass is 10.1. The maximum atomic E-state index is 12.1. The van der Waals surface area contributed by atoms with Crippen LogP contribution in [0.4, 0.5) is 20.7 Å².